The quantitative estimate of drug-likeness (QED) is 0.512. The number of hydrogen-bond donors (Lipinski definition) is 2. The van der Waals surface area contributed by atoms with Crippen LogP contribution in [0.5, 0.6) is 0 Å². The smallest absolute Gasteiger partial charge is 0.413 e. The van der Waals surface area contributed by atoms with Crippen molar-refractivity contribution in [2.45, 2.75) is 6.23 Å². The first-order chi connectivity index (χ1) is 4.72. The van der Waals surface area contributed by atoms with Crippen LogP contribution in [0.1, 0.15) is 0 Å². The van der Waals surface area contributed by atoms with Gasteiger partial charge in [-0.2, -0.15) is 0 Å². The normalized spacial score (nSPS) is 23.3. The first kappa shape index (κ1) is 6.82. The van der Waals surface area contributed by atoms with Crippen molar-refractivity contribution in [3.63, 3.8) is 0 Å². The van der Waals surface area contributed by atoms with Gasteiger partial charge < -0.3 is 10.2 Å². The maximum absolute atomic E-state index is 10.2. The molecule has 1 amide bonds. The van der Waals surface area contributed by atoms with Gasteiger partial charge in [0.15, 0.2) is 6.23 Å². The van der Waals surface area contributed by atoms with E-state index in [1.807, 2.05) is 0 Å². The first-order valence-corrected chi connectivity index (χ1v) is 2.76. The van der Waals surface area contributed by atoms with Gasteiger partial charge in [0.05, 0.1) is 0 Å². The van der Waals surface area contributed by atoms with Crippen molar-refractivity contribution in [1.82, 2.24) is 4.90 Å². The zero-order valence-corrected chi connectivity index (χ0v) is 5.14. The molecule has 4 nitrogen and oxygen atoms in total. The minimum atomic E-state index is -1.16. The van der Waals surface area contributed by atoms with Crippen molar-refractivity contribution in [3.05, 3.63) is 24.4 Å². The number of amides is 1. The van der Waals surface area contributed by atoms with Gasteiger partial charge in [-0.25, -0.2) is 4.79 Å². The topological polar surface area (TPSA) is 60.8 Å². The second-order valence-corrected chi connectivity index (χ2v) is 1.83. The summed E-state index contributed by atoms with van der Waals surface area (Å²) < 4.78 is 0. The second kappa shape index (κ2) is 2.53. The summed E-state index contributed by atoms with van der Waals surface area (Å²) in [5.41, 5.74) is 0. The van der Waals surface area contributed by atoms with Gasteiger partial charge >= 0.3 is 6.09 Å². The van der Waals surface area contributed by atoms with Crippen molar-refractivity contribution < 1.29 is 15.0 Å². The standard InChI is InChI=1S/C6H7NO3/c8-5-3-1-2-4-7(5)6(9)10/h1-5,8H,(H,9,10). The molecule has 1 atom stereocenters. The minimum absolute atomic E-state index is 0.806. The van der Waals surface area contributed by atoms with Crippen LogP contribution >= 0.6 is 0 Å². The fraction of sp³-hybridized carbons (Fsp3) is 0.167. The summed E-state index contributed by atoms with van der Waals surface area (Å²) in [7, 11) is 0. The van der Waals surface area contributed by atoms with Crippen molar-refractivity contribution in [2.75, 3.05) is 0 Å². The lowest BCUT2D eigenvalue weighted by molar-refractivity contribution is 0.0709. The van der Waals surface area contributed by atoms with E-state index in [0.717, 1.165) is 4.90 Å². The summed E-state index contributed by atoms with van der Waals surface area (Å²) in [4.78, 5) is 11.1. The van der Waals surface area contributed by atoms with Gasteiger partial charge in [0.2, 0.25) is 0 Å². The van der Waals surface area contributed by atoms with Crippen LogP contribution in [0.4, 0.5) is 4.79 Å². The maximum Gasteiger partial charge on any atom is 0.413 e. The number of carboxylic acid groups (broad SMARTS) is 1. The van der Waals surface area contributed by atoms with Crippen LogP contribution in [0.15, 0.2) is 24.4 Å². The van der Waals surface area contributed by atoms with E-state index in [2.05, 4.69) is 0 Å². The monoisotopic (exact) mass is 141 g/mol. The molecule has 0 aromatic carbocycles. The molecule has 2 N–H and O–H groups in total. The predicted octanol–water partition coefficient (Wildman–Crippen LogP) is 0.368. The first-order valence-electron chi connectivity index (χ1n) is 2.76. The zero-order chi connectivity index (χ0) is 7.56. The van der Waals surface area contributed by atoms with E-state index in [9.17, 15) is 4.79 Å². The predicted molar refractivity (Wildman–Crippen MR) is 34.2 cm³/mol. The summed E-state index contributed by atoms with van der Waals surface area (Å²) in [6, 6.07) is 0. The SMILES string of the molecule is O=C(O)N1C=CC=CC1O. The van der Waals surface area contributed by atoms with Gasteiger partial charge in [-0.3, -0.25) is 4.90 Å². The molecule has 1 aliphatic heterocycles. The Morgan fingerprint density at radius 1 is 1.50 bits per heavy atom. The Bertz CT molecular complexity index is 197. The van der Waals surface area contributed by atoms with Crippen LogP contribution < -0.4 is 0 Å². The van der Waals surface area contributed by atoms with Crippen molar-refractivity contribution in [2.24, 2.45) is 0 Å². The molecule has 0 aromatic rings. The van der Waals surface area contributed by atoms with Crippen LogP contribution in [-0.2, 0) is 0 Å². The number of nitrogens with zero attached hydrogens (tertiary/aromatic N) is 1. The average molecular weight is 141 g/mol. The highest BCUT2D eigenvalue weighted by Gasteiger charge is 2.16. The van der Waals surface area contributed by atoms with E-state index >= 15 is 0 Å². The van der Waals surface area contributed by atoms with Crippen molar-refractivity contribution in [3.8, 4) is 0 Å². The lowest BCUT2D eigenvalue weighted by atomic mass is 10.3. The van der Waals surface area contributed by atoms with Crippen LogP contribution in [0, 0.1) is 0 Å². The Hall–Kier alpha value is -1.29. The summed E-state index contributed by atoms with van der Waals surface area (Å²) >= 11 is 0. The largest absolute Gasteiger partial charge is 0.465 e. The summed E-state index contributed by atoms with van der Waals surface area (Å²) in [5, 5.41) is 17.3. The third kappa shape index (κ3) is 1.16. The molecule has 0 saturated carbocycles. The second-order valence-electron chi connectivity index (χ2n) is 1.83. The van der Waals surface area contributed by atoms with Crippen molar-refractivity contribution in [1.29, 1.82) is 0 Å². The summed E-state index contributed by atoms with van der Waals surface area (Å²) in [6.07, 6.45) is 3.61. The highest BCUT2D eigenvalue weighted by molar-refractivity contribution is 5.67. The Balaban J connectivity index is 2.70. The van der Waals surface area contributed by atoms with E-state index in [-0.39, 0.29) is 0 Å². The maximum atomic E-state index is 10.2. The number of allylic oxidation sites excluding steroid dienone is 2. The molecule has 4 heteroatoms. The molecule has 0 spiro atoms. The summed E-state index contributed by atoms with van der Waals surface area (Å²) in [5.74, 6) is 0. The molecule has 0 bridgehead atoms. The molecule has 1 aliphatic rings. The molecule has 0 fully saturated rings. The average Bonchev–Trinajstić information content (AvgIpc) is 1.88. The Labute approximate surface area is 57.7 Å². The molecule has 0 radical (unpaired) electrons. The minimum Gasteiger partial charge on any atom is -0.465 e. The number of aliphatic hydroxyl groups excluding tert-OH is 1. The lowest BCUT2D eigenvalue weighted by Gasteiger charge is -2.20. The van der Waals surface area contributed by atoms with E-state index in [0.29, 0.717) is 0 Å². The van der Waals surface area contributed by atoms with Crippen molar-refractivity contribution >= 4 is 6.09 Å². The summed E-state index contributed by atoms with van der Waals surface area (Å²) in [6.45, 7) is 0. The molecule has 54 valence electrons. The molecule has 1 rings (SSSR count). The van der Waals surface area contributed by atoms with Crippen LogP contribution in [0.3, 0.4) is 0 Å². The Morgan fingerprint density at radius 3 is 2.60 bits per heavy atom. The fourth-order valence-corrected chi connectivity index (χ4v) is 0.664. The van der Waals surface area contributed by atoms with Crippen LogP contribution in [0.25, 0.3) is 0 Å². The molecule has 0 aromatic heterocycles. The molecule has 0 aliphatic carbocycles. The highest BCUT2D eigenvalue weighted by atomic mass is 16.4. The zero-order valence-electron chi connectivity index (χ0n) is 5.14. The third-order valence-electron chi connectivity index (χ3n) is 1.15. The van der Waals surface area contributed by atoms with Crippen LogP contribution in [-0.4, -0.2) is 27.4 Å². The number of aliphatic hydroxyl groups is 1. The van der Waals surface area contributed by atoms with Crippen LogP contribution in [0.2, 0.25) is 0 Å². The van der Waals surface area contributed by atoms with Gasteiger partial charge in [-0.05, 0) is 12.2 Å². The van der Waals surface area contributed by atoms with Gasteiger partial charge in [-0.15, -0.1) is 0 Å². The molecular formula is C6H7NO3. The molecule has 0 saturated heterocycles. The van der Waals surface area contributed by atoms with E-state index in [4.69, 9.17) is 10.2 Å². The molecule has 1 unspecified atom stereocenters. The molecule has 10 heavy (non-hydrogen) atoms. The van der Waals surface area contributed by atoms with E-state index in [1.54, 1.807) is 12.2 Å². The van der Waals surface area contributed by atoms with Gasteiger partial charge in [0.1, 0.15) is 0 Å². The lowest BCUT2D eigenvalue weighted by Crippen LogP contribution is -2.34. The van der Waals surface area contributed by atoms with Gasteiger partial charge in [0.25, 0.3) is 0 Å². The molecule has 1 heterocycles. The number of rotatable bonds is 0. The number of carbonyl (C=O) groups is 1. The Morgan fingerprint density at radius 2 is 2.20 bits per heavy atom. The Kier molecular flexibility index (Phi) is 1.73. The van der Waals surface area contributed by atoms with Gasteiger partial charge in [0, 0.05) is 6.20 Å². The fourth-order valence-electron chi connectivity index (χ4n) is 0.664. The highest BCUT2D eigenvalue weighted by Crippen LogP contribution is 2.04. The number of hydrogen-bond acceptors (Lipinski definition) is 2. The van der Waals surface area contributed by atoms with E-state index in [1.165, 1.54) is 12.3 Å². The van der Waals surface area contributed by atoms with E-state index < -0.39 is 12.3 Å². The molecular weight excluding hydrogens is 134 g/mol. The third-order valence-corrected chi connectivity index (χ3v) is 1.15. The van der Waals surface area contributed by atoms with Gasteiger partial charge in [-0.1, -0.05) is 6.08 Å².